The molecule has 0 aromatic carbocycles. The van der Waals surface area contributed by atoms with Gasteiger partial charge in [-0.15, -0.1) is 0 Å². The van der Waals surface area contributed by atoms with E-state index in [-0.39, 0.29) is 35.9 Å². The third-order valence-corrected chi connectivity index (χ3v) is 0.289. The number of carbonyl (C=O) groups is 2. The average Bonchev–Trinajstić information content (AvgIpc) is 1.27. The molecule has 0 unspecified atom stereocenters. The molecule has 0 aromatic rings. The molecule has 0 aromatic heterocycles. The number of rotatable bonds is 2. The van der Waals surface area contributed by atoms with Crippen molar-refractivity contribution >= 4 is 11.9 Å². The smallest absolute Gasteiger partial charge is 0.550 e. The predicted octanol–water partition coefficient (Wildman–Crippen LogP) is -6.12. The maximum Gasteiger partial charge on any atom is 2.00 e. The molecule has 0 saturated carbocycles. The van der Waals surface area contributed by atoms with Crippen LogP contribution in [0.15, 0.2) is 0 Å². The van der Waals surface area contributed by atoms with Crippen molar-refractivity contribution in [2.45, 2.75) is 6.42 Å². The molecular formula is C3H2LiMnO4+. The van der Waals surface area contributed by atoms with Crippen LogP contribution in [0.1, 0.15) is 6.42 Å². The molecule has 0 saturated heterocycles. The van der Waals surface area contributed by atoms with E-state index in [0.717, 1.165) is 0 Å². The molecule has 0 aliphatic carbocycles. The standard InChI is InChI=1S/C3H4O4.Li.Mn/c4-2(5)1-3(6)7;;/h1H2,(H,4,5)(H,6,7);;/q;+1;+2/p-2. The number of carbonyl (C=O) groups excluding carboxylic acids is 2. The number of carboxylic acid groups (broad SMARTS) is 2. The molecule has 0 aliphatic rings. The van der Waals surface area contributed by atoms with E-state index in [1.54, 1.807) is 0 Å². The Morgan fingerprint density at radius 2 is 1.33 bits per heavy atom. The van der Waals surface area contributed by atoms with Crippen LogP contribution in [-0.2, 0) is 26.7 Å². The van der Waals surface area contributed by atoms with Crippen LogP contribution in [0.4, 0.5) is 0 Å². The first-order valence-electron chi connectivity index (χ1n) is 1.52. The first kappa shape index (κ1) is 16.0. The first-order valence-corrected chi connectivity index (χ1v) is 1.52. The van der Waals surface area contributed by atoms with E-state index in [4.69, 9.17) is 0 Å². The average molecular weight is 164 g/mol. The van der Waals surface area contributed by atoms with Crippen molar-refractivity contribution in [2.24, 2.45) is 0 Å². The third kappa shape index (κ3) is 18.0. The summed E-state index contributed by atoms with van der Waals surface area (Å²) in [5.74, 6) is -3.25. The molecule has 0 amide bonds. The summed E-state index contributed by atoms with van der Waals surface area (Å²) in [5, 5.41) is 18.6. The maximum absolute atomic E-state index is 9.28. The predicted molar refractivity (Wildman–Crippen MR) is 14.6 cm³/mol. The van der Waals surface area contributed by atoms with Crippen LogP contribution in [0.25, 0.3) is 0 Å². The van der Waals surface area contributed by atoms with Gasteiger partial charge in [-0.3, -0.25) is 0 Å². The van der Waals surface area contributed by atoms with E-state index in [2.05, 4.69) is 0 Å². The van der Waals surface area contributed by atoms with Crippen LogP contribution in [0.2, 0.25) is 0 Å². The van der Waals surface area contributed by atoms with Gasteiger partial charge in [0.05, 0.1) is 0 Å². The molecule has 0 rings (SSSR count). The fourth-order valence-electron chi connectivity index (χ4n) is 0.118. The van der Waals surface area contributed by atoms with Crippen LogP contribution in [0, 0.1) is 0 Å². The molecule has 0 bridgehead atoms. The molecular weight excluding hydrogens is 162 g/mol. The van der Waals surface area contributed by atoms with Gasteiger partial charge in [-0.25, -0.2) is 0 Å². The van der Waals surface area contributed by atoms with Gasteiger partial charge < -0.3 is 19.8 Å². The zero-order valence-corrected chi connectivity index (χ0v) is 5.90. The van der Waals surface area contributed by atoms with Gasteiger partial charge >= 0.3 is 35.9 Å². The largest absolute Gasteiger partial charge is 2.00 e. The minimum absolute atomic E-state index is 0. The molecule has 9 heavy (non-hydrogen) atoms. The van der Waals surface area contributed by atoms with Gasteiger partial charge in [0, 0.05) is 18.4 Å². The van der Waals surface area contributed by atoms with Crippen molar-refractivity contribution in [3.8, 4) is 0 Å². The Morgan fingerprint density at radius 3 is 1.33 bits per heavy atom. The van der Waals surface area contributed by atoms with Gasteiger partial charge in [0.15, 0.2) is 0 Å². The number of carboxylic acids is 2. The molecule has 0 atom stereocenters. The van der Waals surface area contributed by atoms with Crippen LogP contribution < -0.4 is 29.1 Å². The Hall–Kier alpha value is 0.0569. The summed E-state index contributed by atoms with van der Waals surface area (Å²) >= 11 is 0. The van der Waals surface area contributed by atoms with Crippen LogP contribution in [-0.4, -0.2) is 11.9 Å². The van der Waals surface area contributed by atoms with Gasteiger partial charge in [0.2, 0.25) is 0 Å². The molecule has 45 valence electrons. The minimum Gasteiger partial charge on any atom is -0.550 e. The summed E-state index contributed by atoms with van der Waals surface area (Å²) in [6, 6.07) is 0. The van der Waals surface area contributed by atoms with E-state index >= 15 is 0 Å². The fourth-order valence-corrected chi connectivity index (χ4v) is 0.118. The molecule has 0 spiro atoms. The Balaban J connectivity index is -0.000000180. The Kier molecular flexibility index (Phi) is 14.3. The first-order chi connectivity index (χ1) is 3.13. The summed E-state index contributed by atoms with van der Waals surface area (Å²) < 4.78 is 0. The number of hydrogen-bond donors (Lipinski definition) is 0. The zero-order chi connectivity index (χ0) is 5.86. The minimum atomic E-state index is -1.63. The van der Waals surface area contributed by atoms with Crippen molar-refractivity contribution in [1.82, 2.24) is 0 Å². The van der Waals surface area contributed by atoms with E-state index in [0.29, 0.717) is 0 Å². The summed E-state index contributed by atoms with van der Waals surface area (Å²) in [5.41, 5.74) is 0. The Bertz CT molecular complexity index is 92.0. The second-order valence-electron chi connectivity index (χ2n) is 0.921. The van der Waals surface area contributed by atoms with Gasteiger partial charge in [-0.1, -0.05) is 0 Å². The quantitative estimate of drug-likeness (QED) is 0.300. The second kappa shape index (κ2) is 8.06. The van der Waals surface area contributed by atoms with Crippen LogP contribution >= 0.6 is 0 Å². The van der Waals surface area contributed by atoms with Crippen molar-refractivity contribution in [3.05, 3.63) is 0 Å². The molecule has 0 fully saturated rings. The fraction of sp³-hybridized carbons (Fsp3) is 0.333. The summed E-state index contributed by atoms with van der Waals surface area (Å²) in [6.45, 7) is 0. The van der Waals surface area contributed by atoms with E-state index in [1.807, 2.05) is 0 Å². The Morgan fingerprint density at radius 1 is 1.11 bits per heavy atom. The van der Waals surface area contributed by atoms with E-state index < -0.39 is 18.4 Å². The molecule has 0 N–H and O–H groups in total. The third-order valence-electron chi connectivity index (χ3n) is 0.289. The van der Waals surface area contributed by atoms with Gasteiger partial charge in [-0.05, 0) is 0 Å². The van der Waals surface area contributed by atoms with Crippen LogP contribution in [0.3, 0.4) is 0 Å². The van der Waals surface area contributed by atoms with Crippen molar-refractivity contribution < 1.29 is 55.7 Å². The molecule has 4 nitrogen and oxygen atoms in total. The summed E-state index contributed by atoms with van der Waals surface area (Å²) in [7, 11) is 0. The normalized spacial score (nSPS) is 6.22. The molecule has 1 radical (unpaired) electrons. The van der Waals surface area contributed by atoms with Gasteiger partial charge in [-0.2, -0.15) is 0 Å². The zero-order valence-electron chi connectivity index (χ0n) is 4.72. The summed E-state index contributed by atoms with van der Waals surface area (Å²) in [4.78, 5) is 18.6. The number of hydrogen-bond acceptors (Lipinski definition) is 4. The van der Waals surface area contributed by atoms with E-state index in [1.165, 1.54) is 0 Å². The second-order valence-corrected chi connectivity index (χ2v) is 0.921. The van der Waals surface area contributed by atoms with Crippen molar-refractivity contribution in [2.75, 3.05) is 0 Å². The maximum atomic E-state index is 9.28. The monoisotopic (exact) mass is 164 g/mol. The van der Waals surface area contributed by atoms with Gasteiger partial charge in [0.1, 0.15) is 0 Å². The topological polar surface area (TPSA) is 80.3 Å². The number of aliphatic carboxylic acids is 2. The molecule has 0 aliphatic heterocycles. The van der Waals surface area contributed by atoms with E-state index in [9.17, 15) is 19.8 Å². The van der Waals surface area contributed by atoms with Crippen molar-refractivity contribution in [1.29, 1.82) is 0 Å². The Labute approximate surface area is 74.3 Å². The summed E-state index contributed by atoms with van der Waals surface area (Å²) in [6.07, 6.45) is -1.03. The van der Waals surface area contributed by atoms with Crippen LogP contribution in [0.5, 0.6) is 0 Å². The van der Waals surface area contributed by atoms with Crippen molar-refractivity contribution in [3.63, 3.8) is 0 Å². The molecule has 0 heterocycles. The van der Waals surface area contributed by atoms with Gasteiger partial charge in [0.25, 0.3) is 0 Å². The SMILES string of the molecule is O=C([O-])CC(=O)[O-].[Li+].[Mn+2]. The molecule has 6 heteroatoms.